The minimum atomic E-state index is -0.677. The first-order valence-corrected chi connectivity index (χ1v) is 11.5. The molecule has 2 heterocycles. The van der Waals surface area contributed by atoms with Crippen LogP contribution >= 0.6 is 0 Å². The Morgan fingerprint density at radius 2 is 1.92 bits per heavy atom. The van der Waals surface area contributed by atoms with Crippen LogP contribution in [0.1, 0.15) is 30.9 Å². The number of hydroxylamine groups is 2. The molecule has 10 heteroatoms. The number of hydrogen-bond acceptors (Lipinski definition) is 9. The molecule has 4 rings (SSSR count). The predicted octanol–water partition coefficient (Wildman–Crippen LogP) is 3.69. The Kier molecular flexibility index (Phi) is 7.18. The molecule has 2 unspecified atom stereocenters. The van der Waals surface area contributed by atoms with Gasteiger partial charge in [0, 0.05) is 42.7 Å². The number of carbonyl (C=O) groups is 1. The molecule has 0 amide bonds. The molecule has 0 radical (unpaired) electrons. The first-order valence-electron chi connectivity index (χ1n) is 11.5. The van der Waals surface area contributed by atoms with Crippen molar-refractivity contribution in [3.05, 3.63) is 98.4 Å². The summed E-state index contributed by atoms with van der Waals surface area (Å²) >= 11 is 0. The molecule has 2 aliphatic heterocycles. The van der Waals surface area contributed by atoms with Gasteiger partial charge in [0.25, 0.3) is 5.69 Å². The van der Waals surface area contributed by atoms with E-state index in [-0.39, 0.29) is 5.69 Å². The molecule has 36 heavy (non-hydrogen) atoms. The zero-order valence-electron chi connectivity index (χ0n) is 20.9. The van der Waals surface area contributed by atoms with Gasteiger partial charge in [-0.25, -0.2) is 9.79 Å². The highest BCUT2D eigenvalue weighted by Crippen LogP contribution is 2.41. The second-order valence-electron chi connectivity index (χ2n) is 8.80. The SMILES string of the molecule is COC(=O)C1=C(C)NC(C)=C(C2=NC(N(C)Cc3ccccc3)N(C)O2)C1c1cccc([N+](=O)[O-])c1. The van der Waals surface area contributed by atoms with E-state index in [0.29, 0.717) is 34.8 Å². The van der Waals surface area contributed by atoms with Gasteiger partial charge in [0.1, 0.15) is 0 Å². The van der Waals surface area contributed by atoms with Gasteiger partial charge in [0.15, 0.2) is 6.29 Å². The van der Waals surface area contributed by atoms with Crippen molar-refractivity contribution in [1.29, 1.82) is 0 Å². The predicted molar refractivity (Wildman–Crippen MR) is 134 cm³/mol. The van der Waals surface area contributed by atoms with Crippen molar-refractivity contribution in [2.45, 2.75) is 32.6 Å². The fourth-order valence-corrected chi connectivity index (χ4v) is 4.65. The standard InChI is InChI=1S/C26H29N5O5/c1-16-21(24-28-26(30(4)36-24)29(3)15-18-10-7-6-8-11-18)23(22(17(2)27-16)25(32)35-5)19-12-9-13-20(14-19)31(33)34/h6-14,23,26-27H,15H2,1-5H3. The molecular weight excluding hydrogens is 462 g/mol. The maximum Gasteiger partial charge on any atom is 0.336 e. The fraction of sp³-hybridized carbons (Fsp3) is 0.308. The van der Waals surface area contributed by atoms with Crippen LogP contribution in [0.2, 0.25) is 0 Å². The molecule has 2 atom stereocenters. The van der Waals surface area contributed by atoms with Crippen LogP contribution in [0.3, 0.4) is 0 Å². The zero-order valence-corrected chi connectivity index (χ0v) is 20.9. The number of nitrogens with one attached hydrogen (secondary N) is 1. The van der Waals surface area contributed by atoms with E-state index in [1.165, 1.54) is 19.2 Å². The number of aliphatic imine (C=N–C) groups is 1. The first kappa shape index (κ1) is 25.1. The molecule has 0 saturated carbocycles. The number of allylic oxidation sites excluding steroid dienone is 2. The highest BCUT2D eigenvalue weighted by Gasteiger charge is 2.41. The van der Waals surface area contributed by atoms with Crippen molar-refractivity contribution in [1.82, 2.24) is 15.3 Å². The number of dihydropyridines is 1. The van der Waals surface area contributed by atoms with E-state index in [1.807, 2.05) is 49.2 Å². The van der Waals surface area contributed by atoms with E-state index in [9.17, 15) is 14.9 Å². The number of nitro groups is 1. The number of non-ortho nitro benzene ring substituents is 1. The molecule has 2 aromatic rings. The van der Waals surface area contributed by atoms with E-state index in [1.54, 1.807) is 31.2 Å². The molecule has 188 valence electrons. The summed E-state index contributed by atoms with van der Waals surface area (Å²) < 4.78 is 5.09. The second-order valence-corrected chi connectivity index (χ2v) is 8.80. The number of hydrogen-bond donors (Lipinski definition) is 1. The van der Waals surface area contributed by atoms with Gasteiger partial charge in [-0.3, -0.25) is 15.0 Å². The van der Waals surface area contributed by atoms with Gasteiger partial charge in [-0.1, -0.05) is 42.5 Å². The third-order valence-corrected chi connectivity index (χ3v) is 6.27. The summed E-state index contributed by atoms with van der Waals surface area (Å²) in [6, 6.07) is 16.3. The number of benzene rings is 2. The average molecular weight is 492 g/mol. The monoisotopic (exact) mass is 491 g/mol. The van der Waals surface area contributed by atoms with Crippen molar-refractivity contribution < 1.29 is 19.3 Å². The van der Waals surface area contributed by atoms with Gasteiger partial charge in [-0.15, -0.1) is 5.06 Å². The largest absolute Gasteiger partial charge is 0.466 e. The van der Waals surface area contributed by atoms with Crippen molar-refractivity contribution >= 4 is 17.6 Å². The minimum absolute atomic E-state index is 0.0724. The average Bonchev–Trinajstić information content (AvgIpc) is 3.24. The van der Waals surface area contributed by atoms with Gasteiger partial charge >= 0.3 is 5.97 Å². The molecule has 0 aromatic heterocycles. The van der Waals surface area contributed by atoms with Crippen LogP contribution in [0.15, 0.2) is 82.1 Å². The van der Waals surface area contributed by atoms with Crippen LogP contribution in [0.25, 0.3) is 0 Å². The number of nitro benzene ring substituents is 1. The van der Waals surface area contributed by atoms with Gasteiger partial charge in [0.2, 0.25) is 5.90 Å². The zero-order chi connectivity index (χ0) is 26.0. The number of esters is 1. The maximum absolute atomic E-state index is 12.9. The lowest BCUT2D eigenvalue weighted by Gasteiger charge is -2.31. The Labute approximate surface area is 209 Å². The minimum Gasteiger partial charge on any atom is -0.466 e. The normalized spacial score (nSPS) is 20.2. The van der Waals surface area contributed by atoms with Gasteiger partial charge in [-0.2, -0.15) is 0 Å². The Morgan fingerprint density at radius 1 is 1.19 bits per heavy atom. The fourth-order valence-electron chi connectivity index (χ4n) is 4.65. The van der Waals surface area contributed by atoms with E-state index in [2.05, 4.69) is 5.32 Å². The molecule has 2 aromatic carbocycles. The molecule has 0 bridgehead atoms. The van der Waals surface area contributed by atoms with Crippen LogP contribution in [0.5, 0.6) is 0 Å². The summed E-state index contributed by atoms with van der Waals surface area (Å²) in [4.78, 5) is 37.0. The Balaban J connectivity index is 1.77. The summed E-state index contributed by atoms with van der Waals surface area (Å²) in [7, 11) is 5.05. The summed E-state index contributed by atoms with van der Waals surface area (Å²) in [5.41, 5.74) is 3.91. The number of carbonyl (C=O) groups excluding carboxylic acids is 1. The third kappa shape index (κ3) is 4.86. The lowest BCUT2D eigenvalue weighted by atomic mass is 9.80. The molecule has 10 nitrogen and oxygen atoms in total. The maximum atomic E-state index is 12.9. The third-order valence-electron chi connectivity index (χ3n) is 6.27. The highest BCUT2D eigenvalue weighted by atomic mass is 16.7. The molecule has 2 aliphatic rings. The van der Waals surface area contributed by atoms with Crippen LogP contribution in [0.4, 0.5) is 5.69 Å². The van der Waals surface area contributed by atoms with Gasteiger partial charge in [0.05, 0.1) is 23.5 Å². The van der Waals surface area contributed by atoms with Crippen LogP contribution in [-0.4, -0.2) is 54.2 Å². The van der Waals surface area contributed by atoms with Crippen LogP contribution < -0.4 is 5.32 Å². The van der Waals surface area contributed by atoms with Crippen LogP contribution in [0, 0.1) is 10.1 Å². The van der Waals surface area contributed by atoms with E-state index in [4.69, 9.17) is 14.6 Å². The smallest absolute Gasteiger partial charge is 0.336 e. The Morgan fingerprint density at radius 3 is 2.58 bits per heavy atom. The van der Waals surface area contributed by atoms with Crippen molar-refractivity contribution in [3.8, 4) is 0 Å². The van der Waals surface area contributed by atoms with E-state index >= 15 is 0 Å². The molecule has 0 spiro atoms. The van der Waals surface area contributed by atoms with Gasteiger partial charge in [-0.05, 0) is 32.0 Å². The summed E-state index contributed by atoms with van der Waals surface area (Å²) in [6.07, 6.45) is -0.417. The Bertz CT molecular complexity index is 1270. The van der Waals surface area contributed by atoms with E-state index < -0.39 is 23.1 Å². The number of rotatable bonds is 7. The second kappa shape index (κ2) is 10.3. The summed E-state index contributed by atoms with van der Waals surface area (Å²) in [5, 5.41) is 16.4. The number of nitrogens with zero attached hydrogens (tertiary/aromatic N) is 4. The topological polar surface area (TPSA) is 110 Å². The van der Waals surface area contributed by atoms with Crippen LogP contribution in [-0.2, 0) is 20.9 Å². The van der Waals surface area contributed by atoms with Gasteiger partial charge < -0.3 is 14.9 Å². The molecule has 0 aliphatic carbocycles. The van der Waals surface area contributed by atoms with Crippen molar-refractivity contribution in [2.75, 3.05) is 21.2 Å². The van der Waals surface area contributed by atoms with Crippen molar-refractivity contribution in [3.63, 3.8) is 0 Å². The molecule has 0 fully saturated rings. The Hall–Kier alpha value is -4.02. The lowest BCUT2D eigenvalue weighted by Crippen LogP contribution is -2.39. The van der Waals surface area contributed by atoms with Crippen molar-refractivity contribution in [2.24, 2.45) is 4.99 Å². The highest BCUT2D eigenvalue weighted by molar-refractivity contribution is 6.02. The number of ether oxygens (including phenoxy) is 1. The lowest BCUT2D eigenvalue weighted by molar-refractivity contribution is -0.384. The number of methoxy groups -OCH3 is 1. The molecule has 1 N–H and O–H groups in total. The first-order chi connectivity index (χ1) is 17.2. The summed E-state index contributed by atoms with van der Waals surface area (Å²) in [5.74, 6) is -0.882. The molecule has 0 saturated heterocycles. The summed E-state index contributed by atoms with van der Waals surface area (Å²) in [6.45, 7) is 4.29. The van der Waals surface area contributed by atoms with E-state index in [0.717, 1.165) is 11.3 Å². The molecular formula is C26H29N5O5. The quantitative estimate of drug-likeness (QED) is 0.355.